The number of carbonyl (C=O) groups is 2. The van der Waals surface area contributed by atoms with E-state index in [1.165, 1.54) is 12.1 Å². The summed E-state index contributed by atoms with van der Waals surface area (Å²) in [5.74, 6) is -3.74. The Morgan fingerprint density at radius 3 is 1.58 bits per heavy atom. The van der Waals surface area contributed by atoms with Crippen LogP contribution in [-0.4, -0.2) is 31.7 Å². The number of nitrogens with one attached hydrogen (secondary N) is 3. The number of para-hydroxylation sites is 1. The van der Waals surface area contributed by atoms with Crippen molar-refractivity contribution in [1.82, 2.24) is 0 Å². The summed E-state index contributed by atoms with van der Waals surface area (Å²) >= 11 is 0. The average molecular weight is 441 g/mol. The predicted molar refractivity (Wildman–Crippen MR) is 118 cm³/mol. The molecule has 3 aromatic carbocycles. The van der Waals surface area contributed by atoms with E-state index >= 15 is 0 Å². The van der Waals surface area contributed by atoms with Crippen LogP contribution in [0.25, 0.3) is 0 Å². The van der Waals surface area contributed by atoms with Crippen molar-refractivity contribution in [1.29, 1.82) is 0 Å². The van der Waals surface area contributed by atoms with Crippen LogP contribution in [0.15, 0.2) is 78.9 Å². The van der Waals surface area contributed by atoms with E-state index in [2.05, 4.69) is 16.0 Å². The Balaban J connectivity index is 1.50. The maximum absolute atomic E-state index is 12.9. The van der Waals surface area contributed by atoms with Crippen molar-refractivity contribution in [3.63, 3.8) is 0 Å². The van der Waals surface area contributed by atoms with Crippen LogP contribution in [0, 0.1) is 5.82 Å². The normalized spacial score (nSPS) is 10.9. The first-order valence-electron chi connectivity index (χ1n) is 9.27. The van der Waals surface area contributed by atoms with Crippen molar-refractivity contribution in [2.24, 2.45) is 0 Å². The minimum Gasteiger partial charge on any atom is -0.356 e. The lowest BCUT2D eigenvalue weighted by Crippen LogP contribution is -2.30. The lowest BCUT2D eigenvalue weighted by atomic mass is 10.2. The Morgan fingerprint density at radius 1 is 0.645 bits per heavy atom. The van der Waals surface area contributed by atoms with E-state index in [0.29, 0.717) is 5.69 Å². The van der Waals surface area contributed by atoms with Gasteiger partial charge in [0.2, 0.25) is 11.8 Å². The zero-order valence-corrected chi connectivity index (χ0v) is 17.2. The summed E-state index contributed by atoms with van der Waals surface area (Å²) < 4.78 is 37.2. The number of hydrogen-bond donors (Lipinski definition) is 3. The molecule has 0 spiro atoms. The fourth-order valence-corrected chi connectivity index (χ4v) is 3.75. The highest BCUT2D eigenvalue weighted by molar-refractivity contribution is 7.92. The summed E-state index contributed by atoms with van der Waals surface area (Å²) in [4.78, 5) is 24.0. The molecule has 0 aliphatic heterocycles. The molecule has 3 rings (SSSR count). The summed E-state index contributed by atoms with van der Waals surface area (Å²) in [6.07, 6.45) is 0. The van der Waals surface area contributed by atoms with Crippen LogP contribution in [0.5, 0.6) is 0 Å². The van der Waals surface area contributed by atoms with Crippen LogP contribution < -0.4 is 16.0 Å². The number of sulfone groups is 1. The average Bonchev–Trinajstić information content (AvgIpc) is 2.71. The highest BCUT2D eigenvalue weighted by Crippen LogP contribution is 2.18. The Kier molecular flexibility index (Phi) is 6.99. The molecular weight excluding hydrogens is 421 g/mol. The summed E-state index contributed by atoms with van der Waals surface area (Å²) in [6, 6.07) is 21.2. The van der Waals surface area contributed by atoms with Crippen molar-refractivity contribution in [2.45, 2.75) is 0 Å². The largest absolute Gasteiger partial charge is 0.356 e. The molecule has 0 bridgehead atoms. The van der Waals surface area contributed by atoms with E-state index in [1.807, 2.05) is 30.3 Å². The molecule has 31 heavy (non-hydrogen) atoms. The first-order valence-corrected chi connectivity index (χ1v) is 11.1. The van der Waals surface area contributed by atoms with Crippen LogP contribution in [-0.2, 0) is 19.4 Å². The first-order chi connectivity index (χ1) is 14.8. The quantitative estimate of drug-likeness (QED) is 0.496. The van der Waals surface area contributed by atoms with Gasteiger partial charge in [-0.3, -0.25) is 9.59 Å². The lowest BCUT2D eigenvalue weighted by molar-refractivity contribution is -0.114. The Hall–Kier alpha value is -3.72. The molecule has 0 radical (unpaired) electrons. The van der Waals surface area contributed by atoms with Gasteiger partial charge < -0.3 is 16.0 Å². The number of anilines is 4. The molecule has 0 fully saturated rings. The van der Waals surface area contributed by atoms with Gasteiger partial charge in [-0.15, -0.1) is 0 Å². The van der Waals surface area contributed by atoms with Gasteiger partial charge in [0.1, 0.15) is 17.3 Å². The third-order valence-electron chi connectivity index (χ3n) is 4.06. The number of benzene rings is 3. The summed E-state index contributed by atoms with van der Waals surface area (Å²) in [5.41, 5.74) is 2.39. The lowest BCUT2D eigenvalue weighted by Gasteiger charge is -2.09. The molecule has 0 heterocycles. The molecule has 0 aromatic heterocycles. The zero-order chi connectivity index (χ0) is 22.3. The van der Waals surface area contributed by atoms with E-state index in [-0.39, 0.29) is 5.69 Å². The minimum atomic E-state index is -3.99. The van der Waals surface area contributed by atoms with E-state index in [4.69, 9.17) is 0 Å². The standard InChI is InChI=1S/C22H20FN3O4S/c23-16-6-8-19(9-7-16)25-21(27)14-31(29,30)15-22(28)26-20-12-10-18(11-13-20)24-17-4-2-1-3-5-17/h1-13,24H,14-15H2,(H,25,27)(H,26,28). The Bertz CT molecular complexity index is 1150. The molecule has 0 atom stereocenters. The molecule has 7 nitrogen and oxygen atoms in total. The summed E-state index contributed by atoms with van der Waals surface area (Å²) in [7, 11) is -3.99. The molecule has 160 valence electrons. The maximum atomic E-state index is 12.9. The van der Waals surface area contributed by atoms with E-state index in [1.54, 1.807) is 24.3 Å². The molecule has 0 aliphatic rings. The van der Waals surface area contributed by atoms with Crippen LogP contribution in [0.3, 0.4) is 0 Å². The SMILES string of the molecule is O=C(CS(=O)(=O)CC(=O)Nc1ccc(Nc2ccccc2)cc1)Nc1ccc(F)cc1. The number of carbonyl (C=O) groups excluding carboxylic acids is 2. The van der Waals surface area contributed by atoms with Gasteiger partial charge >= 0.3 is 0 Å². The van der Waals surface area contributed by atoms with Gasteiger partial charge in [-0.25, -0.2) is 12.8 Å². The van der Waals surface area contributed by atoms with Gasteiger partial charge in [-0.1, -0.05) is 18.2 Å². The number of halogens is 1. The fraction of sp³-hybridized carbons (Fsp3) is 0.0909. The second-order valence-electron chi connectivity index (χ2n) is 6.70. The van der Waals surface area contributed by atoms with Crippen LogP contribution in [0.2, 0.25) is 0 Å². The molecular formula is C22H20FN3O4S. The zero-order valence-electron chi connectivity index (χ0n) is 16.3. The van der Waals surface area contributed by atoms with Gasteiger partial charge in [0.15, 0.2) is 9.84 Å². The number of amides is 2. The smallest absolute Gasteiger partial charge is 0.239 e. The molecule has 2 amide bonds. The van der Waals surface area contributed by atoms with Gasteiger partial charge in [0.25, 0.3) is 0 Å². The monoisotopic (exact) mass is 441 g/mol. The van der Waals surface area contributed by atoms with Gasteiger partial charge in [-0.2, -0.15) is 0 Å². The van der Waals surface area contributed by atoms with Crippen molar-refractivity contribution in [3.8, 4) is 0 Å². The third kappa shape index (κ3) is 7.23. The van der Waals surface area contributed by atoms with Crippen molar-refractivity contribution < 1.29 is 22.4 Å². The number of rotatable bonds is 8. The number of hydrogen-bond acceptors (Lipinski definition) is 5. The van der Waals surface area contributed by atoms with E-state index in [9.17, 15) is 22.4 Å². The summed E-state index contributed by atoms with van der Waals surface area (Å²) in [6.45, 7) is 0. The van der Waals surface area contributed by atoms with Gasteiger partial charge in [0, 0.05) is 22.7 Å². The third-order valence-corrected chi connectivity index (χ3v) is 5.47. The molecule has 9 heteroatoms. The predicted octanol–water partition coefficient (Wildman–Crippen LogP) is 3.56. The Morgan fingerprint density at radius 2 is 1.06 bits per heavy atom. The molecule has 0 unspecified atom stereocenters. The molecule has 0 saturated heterocycles. The first kappa shape index (κ1) is 22.0. The van der Waals surface area contributed by atoms with Crippen molar-refractivity contribution >= 4 is 44.4 Å². The highest BCUT2D eigenvalue weighted by Gasteiger charge is 2.21. The van der Waals surface area contributed by atoms with Crippen molar-refractivity contribution in [3.05, 3.63) is 84.7 Å². The maximum Gasteiger partial charge on any atom is 0.239 e. The fourth-order valence-electron chi connectivity index (χ4n) is 2.70. The van der Waals surface area contributed by atoms with Crippen LogP contribution >= 0.6 is 0 Å². The second kappa shape index (κ2) is 9.86. The molecule has 0 saturated carbocycles. The minimum absolute atomic E-state index is 0.259. The Labute approximate surface area is 179 Å². The van der Waals surface area contributed by atoms with Crippen molar-refractivity contribution in [2.75, 3.05) is 27.5 Å². The van der Waals surface area contributed by atoms with Gasteiger partial charge in [-0.05, 0) is 60.7 Å². The van der Waals surface area contributed by atoms with E-state index in [0.717, 1.165) is 23.5 Å². The van der Waals surface area contributed by atoms with E-state index < -0.39 is 39.0 Å². The highest BCUT2D eigenvalue weighted by atomic mass is 32.2. The molecule has 0 aliphatic carbocycles. The van der Waals surface area contributed by atoms with Crippen LogP contribution in [0.4, 0.5) is 27.1 Å². The molecule has 3 aromatic rings. The van der Waals surface area contributed by atoms with Crippen LogP contribution in [0.1, 0.15) is 0 Å². The summed E-state index contributed by atoms with van der Waals surface area (Å²) in [5, 5.41) is 8.04. The van der Waals surface area contributed by atoms with Gasteiger partial charge in [0.05, 0.1) is 0 Å². The topological polar surface area (TPSA) is 104 Å². The second-order valence-corrected chi connectivity index (χ2v) is 8.77. The molecule has 3 N–H and O–H groups in total.